The fourth-order valence-electron chi connectivity index (χ4n) is 2.50. The Hall–Kier alpha value is -0.120. The maximum atomic E-state index is 5.94. The lowest BCUT2D eigenvalue weighted by Crippen LogP contribution is -2.46. The molecule has 1 saturated carbocycles. The number of hydrogen-bond donors (Lipinski definition) is 1. The molecule has 0 amide bonds. The van der Waals surface area contributed by atoms with Gasteiger partial charge in [0.15, 0.2) is 6.29 Å². The number of hydrogen-bond acceptors (Lipinski definition) is 3. The molecule has 0 aromatic carbocycles. The van der Waals surface area contributed by atoms with Gasteiger partial charge < -0.3 is 15.2 Å². The maximum absolute atomic E-state index is 5.94. The van der Waals surface area contributed by atoms with Crippen LogP contribution in [0.3, 0.4) is 0 Å². The first kappa shape index (κ1) is 12.9. The molecule has 0 bridgehead atoms. The van der Waals surface area contributed by atoms with Crippen LogP contribution in [0.2, 0.25) is 0 Å². The summed E-state index contributed by atoms with van der Waals surface area (Å²) < 4.78 is 11.4. The third-order valence-electron chi connectivity index (χ3n) is 3.39. The summed E-state index contributed by atoms with van der Waals surface area (Å²) in [7, 11) is 0. The molecule has 2 N–H and O–H groups in total. The van der Waals surface area contributed by atoms with E-state index in [1.54, 1.807) is 0 Å². The van der Waals surface area contributed by atoms with E-state index in [2.05, 4.69) is 0 Å². The second kappa shape index (κ2) is 6.46. The van der Waals surface area contributed by atoms with E-state index in [4.69, 9.17) is 15.2 Å². The Morgan fingerprint density at radius 1 is 1.07 bits per heavy atom. The molecule has 1 fully saturated rings. The normalized spacial score (nSPS) is 20.8. The van der Waals surface area contributed by atoms with Crippen molar-refractivity contribution in [3.63, 3.8) is 0 Å². The third kappa shape index (κ3) is 3.16. The molecule has 90 valence electrons. The van der Waals surface area contributed by atoms with E-state index >= 15 is 0 Å². The Morgan fingerprint density at radius 3 is 2.00 bits per heavy atom. The Bertz CT molecular complexity index is 161. The highest BCUT2D eigenvalue weighted by molar-refractivity contribution is 4.87. The van der Waals surface area contributed by atoms with Crippen molar-refractivity contribution in [3.8, 4) is 0 Å². The third-order valence-corrected chi connectivity index (χ3v) is 3.39. The zero-order valence-corrected chi connectivity index (χ0v) is 10.1. The molecule has 1 aliphatic carbocycles. The SMILES string of the molecule is CCOC(OCC)C1(CN)CCCCC1. The van der Waals surface area contributed by atoms with Crippen molar-refractivity contribution in [2.75, 3.05) is 19.8 Å². The molecule has 0 radical (unpaired) electrons. The summed E-state index contributed by atoms with van der Waals surface area (Å²) in [5.41, 5.74) is 6.01. The highest BCUT2D eigenvalue weighted by Gasteiger charge is 2.40. The Labute approximate surface area is 93.3 Å². The Morgan fingerprint density at radius 2 is 1.60 bits per heavy atom. The molecule has 0 spiro atoms. The van der Waals surface area contributed by atoms with Crippen molar-refractivity contribution in [1.82, 2.24) is 0 Å². The Balaban J connectivity index is 2.65. The van der Waals surface area contributed by atoms with Gasteiger partial charge in [-0.1, -0.05) is 19.3 Å². The molecule has 1 aliphatic rings. The van der Waals surface area contributed by atoms with Crippen LogP contribution >= 0.6 is 0 Å². The first-order valence-electron chi connectivity index (χ1n) is 6.22. The molecule has 3 heteroatoms. The lowest BCUT2D eigenvalue weighted by molar-refractivity contribution is -0.209. The summed E-state index contributed by atoms with van der Waals surface area (Å²) in [4.78, 5) is 0. The molecule has 0 aromatic rings. The monoisotopic (exact) mass is 215 g/mol. The number of rotatable bonds is 6. The molecular formula is C12H25NO2. The molecule has 0 atom stereocenters. The lowest BCUT2D eigenvalue weighted by atomic mass is 9.73. The predicted octanol–water partition coefficient (Wildman–Crippen LogP) is 2.29. The van der Waals surface area contributed by atoms with E-state index in [1.807, 2.05) is 13.8 Å². The van der Waals surface area contributed by atoms with Crippen LogP contribution in [0.15, 0.2) is 0 Å². The summed E-state index contributed by atoms with van der Waals surface area (Å²) in [5, 5.41) is 0. The minimum Gasteiger partial charge on any atom is -0.352 e. The van der Waals surface area contributed by atoms with E-state index in [0.29, 0.717) is 19.8 Å². The van der Waals surface area contributed by atoms with Gasteiger partial charge in [0.05, 0.1) is 0 Å². The average Bonchev–Trinajstić information content (AvgIpc) is 2.30. The van der Waals surface area contributed by atoms with Gasteiger partial charge in [0, 0.05) is 25.2 Å². The Kier molecular flexibility index (Phi) is 5.58. The zero-order chi connectivity index (χ0) is 11.1. The maximum Gasteiger partial charge on any atom is 0.164 e. The van der Waals surface area contributed by atoms with Crippen molar-refractivity contribution in [1.29, 1.82) is 0 Å². The molecule has 15 heavy (non-hydrogen) atoms. The van der Waals surface area contributed by atoms with Crippen molar-refractivity contribution >= 4 is 0 Å². The van der Waals surface area contributed by atoms with E-state index in [9.17, 15) is 0 Å². The second-order valence-corrected chi connectivity index (χ2v) is 4.37. The van der Waals surface area contributed by atoms with Crippen molar-refractivity contribution in [2.24, 2.45) is 11.1 Å². The molecule has 0 saturated heterocycles. The topological polar surface area (TPSA) is 44.5 Å². The van der Waals surface area contributed by atoms with E-state index in [-0.39, 0.29) is 11.7 Å². The van der Waals surface area contributed by atoms with Gasteiger partial charge in [-0.25, -0.2) is 0 Å². The molecule has 0 aromatic heterocycles. The van der Waals surface area contributed by atoms with Gasteiger partial charge in [0.2, 0.25) is 0 Å². The zero-order valence-electron chi connectivity index (χ0n) is 10.1. The number of ether oxygens (including phenoxy) is 2. The molecule has 0 unspecified atom stereocenters. The molecule has 0 aliphatic heterocycles. The van der Waals surface area contributed by atoms with Crippen LogP contribution in [0.1, 0.15) is 46.0 Å². The van der Waals surface area contributed by atoms with Crippen molar-refractivity contribution < 1.29 is 9.47 Å². The van der Waals surface area contributed by atoms with Crippen molar-refractivity contribution in [2.45, 2.75) is 52.2 Å². The highest BCUT2D eigenvalue weighted by Crippen LogP contribution is 2.40. The van der Waals surface area contributed by atoms with E-state index in [0.717, 1.165) is 12.8 Å². The summed E-state index contributed by atoms with van der Waals surface area (Å²) in [6.07, 6.45) is 6.04. The smallest absolute Gasteiger partial charge is 0.164 e. The second-order valence-electron chi connectivity index (χ2n) is 4.37. The van der Waals surface area contributed by atoms with Crippen molar-refractivity contribution in [3.05, 3.63) is 0 Å². The minimum atomic E-state index is -0.0993. The lowest BCUT2D eigenvalue weighted by Gasteiger charge is -2.41. The standard InChI is InChI=1S/C12H25NO2/c1-3-14-11(15-4-2)12(10-13)8-6-5-7-9-12/h11H,3-10,13H2,1-2H3. The van der Waals surface area contributed by atoms with Crippen LogP contribution in [0.5, 0.6) is 0 Å². The summed E-state index contributed by atoms with van der Waals surface area (Å²) >= 11 is 0. The van der Waals surface area contributed by atoms with Gasteiger partial charge in [0.25, 0.3) is 0 Å². The summed E-state index contributed by atoms with van der Waals surface area (Å²) in [5.74, 6) is 0. The van der Waals surface area contributed by atoms with Crippen LogP contribution in [-0.4, -0.2) is 26.0 Å². The summed E-state index contributed by atoms with van der Waals surface area (Å²) in [6, 6.07) is 0. The molecule has 0 heterocycles. The van der Waals surface area contributed by atoms with Crippen LogP contribution in [0.25, 0.3) is 0 Å². The van der Waals surface area contributed by atoms with Gasteiger partial charge in [0.1, 0.15) is 0 Å². The highest BCUT2D eigenvalue weighted by atomic mass is 16.7. The van der Waals surface area contributed by atoms with Gasteiger partial charge in [-0.3, -0.25) is 0 Å². The van der Waals surface area contributed by atoms with Crippen LogP contribution in [0, 0.1) is 5.41 Å². The quantitative estimate of drug-likeness (QED) is 0.691. The van der Waals surface area contributed by atoms with Gasteiger partial charge >= 0.3 is 0 Å². The fourth-order valence-corrected chi connectivity index (χ4v) is 2.50. The first-order chi connectivity index (χ1) is 7.29. The van der Waals surface area contributed by atoms with Gasteiger partial charge in [-0.2, -0.15) is 0 Å². The number of nitrogens with two attached hydrogens (primary N) is 1. The fraction of sp³-hybridized carbons (Fsp3) is 1.00. The average molecular weight is 215 g/mol. The summed E-state index contributed by atoms with van der Waals surface area (Å²) in [6.45, 7) is 6.11. The van der Waals surface area contributed by atoms with Gasteiger partial charge in [-0.15, -0.1) is 0 Å². The predicted molar refractivity (Wildman–Crippen MR) is 61.6 cm³/mol. The van der Waals surface area contributed by atoms with Crippen LogP contribution < -0.4 is 5.73 Å². The van der Waals surface area contributed by atoms with E-state index < -0.39 is 0 Å². The first-order valence-corrected chi connectivity index (χ1v) is 6.22. The molecule has 3 nitrogen and oxygen atoms in total. The van der Waals surface area contributed by atoms with Crippen LogP contribution in [0.4, 0.5) is 0 Å². The largest absolute Gasteiger partial charge is 0.352 e. The van der Waals surface area contributed by atoms with Crippen LogP contribution in [-0.2, 0) is 9.47 Å². The minimum absolute atomic E-state index is 0.0737. The molecular weight excluding hydrogens is 190 g/mol. The van der Waals surface area contributed by atoms with Gasteiger partial charge in [-0.05, 0) is 26.7 Å². The van der Waals surface area contributed by atoms with E-state index in [1.165, 1.54) is 19.3 Å². The molecule has 1 rings (SSSR count).